The number of carbonyl (C=O) groups excluding carboxylic acids is 4. The van der Waals surface area contributed by atoms with Gasteiger partial charge in [-0.15, -0.1) is 0 Å². The fourth-order valence-corrected chi connectivity index (χ4v) is 5.36. The summed E-state index contributed by atoms with van der Waals surface area (Å²) < 4.78 is 2.23. The number of para-hydroxylation sites is 1. The van der Waals surface area contributed by atoms with Crippen LogP contribution in [-0.2, 0) is 27.3 Å². The van der Waals surface area contributed by atoms with E-state index < -0.39 is 23.9 Å². The smallest absolute Gasteiger partial charge is 0.322 e. The molecule has 2 unspecified atom stereocenters. The molecule has 1 aromatic carbocycles. The van der Waals surface area contributed by atoms with Gasteiger partial charge in [-0.05, 0) is 36.8 Å². The molecular formula is C27H38N4O4S. The van der Waals surface area contributed by atoms with Crippen molar-refractivity contribution in [3.05, 3.63) is 36.0 Å². The molecule has 36 heavy (non-hydrogen) atoms. The van der Waals surface area contributed by atoms with Crippen molar-refractivity contribution in [2.45, 2.75) is 71.9 Å². The van der Waals surface area contributed by atoms with Crippen LogP contribution in [0.25, 0.3) is 10.9 Å². The van der Waals surface area contributed by atoms with Gasteiger partial charge in [-0.1, -0.05) is 56.7 Å². The van der Waals surface area contributed by atoms with E-state index in [9.17, 15) is 19.2 Å². The van der Waals surface area contributed by atoms with E-state index in [2.05, 4.69) is 32.8 Å². The second-order valence-corrected chi connectivity index (χ2v) is 11.1. The predicted molar refractivity (Wildman–Crippen MR) is 144 cm³/mol. The van der Waals surface area contributed by atoms with Crippen LogP contribution in [0.1, 0.15) is 58.4 Å². The van der Waals surface area contributed by atoms with E-state index in [4.69, 9.17) is 0 Å². The van der Waals surface area contributed by atoms with Crippen LogP contribution < -0.4 is 16.0 Å². The highest BCUT2D eigenvalue weighted by Crippen LogP contribution is 2.24. The Morgan fingerprint density at radius 1 is 1.14 bits per heavy atom. The SMILES string of the molecule is CC(=O)SCC(CC(C)C)C(=O)NC(=O)NC1Cc2cn(c3ccccc23)CCCCCCNC1=O. The van der Waals surface area contributed by atoms with E-state index >= 15 is 0 Å². The molecule has 0 radical (unpaired) electrons. The van der Waals surface area contributed by atoms with Crippen LogP contribution in [0.5, 0.6) is 0 Å². The van der Waals surface area contributed by atoms with Gasteiger partial charge in [0, 0.05) is 55.2 Å². The number of amides is 4. The maximum Gasteiger partial charge on any atom is 0.322 e. The molecule has 1 aromatic heterocycles. The average molecular weight is 515 g/mol. The molecule has 0 fully saturated rings. The quantitative estimate of drug-likeness (QED) is 0.540. The maximum atomic E-state index is 13.1. The van der Waals surface area contributed by atoms with Crippen molar-refractivity contribution in [3.63, 3.8) is 0 Å². The van der Waals surface area contributed by atoms with Crippen LogP contribution in [0.3, 0.4) is 0 Å². The highest BCUT2D eigenvalue weighted by molar-refractivity contribution is 8.13. The molecule has 1 aliphatic heterocycles. The number of urea groups is 1. The standard InChI is InChI=1S/C27H38N4O4S/c1-18(2)14-21(17-36-19(3)32)25(33)30-27(35)29-23-15-20-16-31(24-11-7-6-10-22(20)24)13-9-5-4-8-12-28-26(23)34/h6-7,10-11,16,18,21,23H,4-5,8-9,12-15,17H2,1-3H3,(H,28,34)(H2,29,30,33,35). The van der Waals surface area contributed by atoms with Crippen molar-refractivity contribution in [2.75, 3.05) is 12.3 Å². The summed E-state index contributed by atoms with van der Waals surface area (Å²) in [5, 5.41) is 9.09. The lowest BCUT2D eigenvalue weighted by atomic mass is 9.98. The highest BCUT2D eigenvalue weighted by atomic mass is 32.2. The third-order valence-corrected chi connectivity index (χ3v) is 7.37. The van der Waals surface area contributed by atoms with Crippen LogP contribution in [0, 0.1) is 11.8 Å². The lowest BCUT2D eigenvalue weighted by Crippen LogP contribution is -2.53. The first-order valence-corrected chi connectivity index (χ1v) is 13.8. The van der Waals surface area contributed by atoms with Crippen LogP contribution in [0.15, 0.2) is 30.5 Å². The van der Waals surface area contributed by atoms with E-state index in [1.54, 1.807) is 0 Å². The number of benzene rings is 1. The zero-order valence-corrected chi connectivity index (χ0v) is 22.3. The molecular weight excluding hydrogens is 476 g/mol. The summed E-state index contributed by atoms with van der Waals surface area (Å²) >= 11 is 1.08. The van der Waals surface area contributed by atoms with E-state index in [0.29, 0.717) is 25.1 Å². The Labute approximate surface area is 217 Å². The van der Waals surface area contributed by atoms with Gasteiger partial charge in [0.2, 0.25) is 11.8 Å². The monoisotopic (exact) mass is 514 g/mol. The van der Waals surface area contributed by atoms with E-state index in [1.807, 2.05) is 32.0 Å². The first-order chi connectivity index (χ1) is 17.2. The Morgan fingerprint density at radius 3 is 2.64 bits per heavy atom. The van der Waals surface area contributed by atoms with Gasteiger partial charge in [-0.25, -0.2) is 4.79 Å². The molecule has 196 valence electrons. The van der Waals surface area contributed by atoms with Crippen molar-refractivity contribution in [2.24, 2.45) is 11.8 Å². The number of nitrogens with one attached hydrogen (secondary N) is 3. The highest BCUT2D eigenvalue weighted by Gasteiger charge is 2.27. The zero-order valence-electron chi connectivity index (χ0n) is 21.5. The van der Waals surface area contributed by atoms with Gasteiger partial charge in [-0.3, -0.25) is 19.7 Å². The number of thioether (sulfide) groups is 1. The lowest BCUT2D eigenvalue weighted by Gasteiger charge is -2.21. The number of aromatic nitrogens is 1. The Balaban J connectivity index is 1.76. The number of hydrogen-bond acceptors (Lipinski definition) is 5. The molecule has 0 saturated carbocycles. The van der Waals surface area contributed by atoms with Crippen LogP contribution in [0.2, 0.25) is 0 Å². The molecule has 1 aliphatic rings. The molecule has 0 aliphatic carbocycles. The Morgan fingerprint density at radius 2 is 1.89 bits per heavy atom. The average Bonchev–Trinajstić information content (AvgIpc) is 3.17. The zero-order chi connectivity index (χ0) is 26.1. The summed E-state index contributed by atoms with van der Waals surface area (Å²) in [6, 6.07) is 6.57. The van der Waals surface area contributed by atoms with Gasteiger partial charge in [0.1, 0.15) is 6.04 Å². The Hall–Kier alpha value is -2.81. The molecule has 3 N–H and O–H groups in total. The Bertz CT molecular complexity index is 1080. The third kappa shape index (κ3) is 8.11. The minimum atomic E-state index is -0.826. The van der Waals surface area contributed by atoms with Crippen molar-refractivity contribution in [3.8, 4) is 0 Å². The van der Waals surface area contributed by atoms with Crippen LogP contribution >= 0.6 is 11.8 Å². The summed E-state index contributed by atoms with van der Waals surface area (Å²) in [5.41, 5.74) is 2.09. The molecule has 3 rings (SSSR count). The molecule has 2 atom stereocenters. The third-order valence-electron chi connectivity index (χ3n) is 6.39. The van der Waals surface area contributed by atoms with E-state index in [0.717, 1.165) is 60.5 Å². The fraction of sp³-hybridized carbons (Fsp3) is 0.556. The number of nitrogens with zero attached hydrogens (tertiary/aromatic N) is 1. The van der Waals surface area contributed by atoms with Crippen molar-refractivity contribution in [1.29, 1.82) is 0 Å². The second-order valence-electron chi connectivity index (χ2n) is 9.92. The van der Waals surface area contributed by atoms with Gasteiger partial charge in [0.05, 0.1) is 0 Å². The van der Waals surface area contributed by atoms with E-state index in [1.165, 1.54) is 6.92 Å². The summed E-state index contributed by atoms with van der Waals surface area (Å²) in [6.07, 6.45) is 7.01. The summed E-state index contributed by atoms with van der Waals surface area (Å²) in [5.74, 6) is -0.627. The number of hydrogen-bond donors (Lipinski definition) is 3. The second kappa shape index (κ2) is 13.5. The normalized spacial score (nSPS) is 17.9. The van der Waals surface area contributed by atoms with Gasteiger partial charge in [0.25, 0.3) is 0 Å². The van der Waals surface area contributed by atoms with Gasteiger partial charge in [-0.2, -0.15) is 0 Å². The molecule has 2 bridgehead atoms. The van der Waals surface area contributed by atoms with Crippen molar-refractivity contribution in [1.82, 2.24) is 20.5 Å². The number of aryl methyl sites for hydroxylation is 1. The van der Waals surface area contributed by atoms with Gasteiger partial charge < -0.3 is 15.2 Å². The first-order valence-electron chi connectivity index (χ1n) is 12.8. The summed E-state index contributed by atoms with van der Waals surface area (Å²) in [7, 11) is 0. The largest absolute Gasteiger partial charge is 0.354 e. The molecule has 0 saturated heterocycles. The topological polar surface area (TPSA) is 109 Å². The van der Waals surface area contributed by atoms with Gasteiger partial charge >= 0.3 is 6.03 Å². The summed E-state index contributed by atoms with van der Waals surface area (Å²) in [6.45, 7) is 6.91. The minimum Gasteiger partial charge on any atom is -0.354 e. The minimum absolute atomic E-state index is 0.0686. The van der Waals surface area contributed by atoms with Crippen LogP contribution in [0.4, 0.5) is 4.79 Å². The number of fused-ring (bicyclic) bond motifs is 5. The number of imide groups is 1. The molecule has 0 spiro atoms. The number of rotatable bonds is 6. The first kappa shape index (κ1) is 27.8. The molecule has 4 amide bonds. The Kier molecular flexibility index (Phi) is 10.4. The van der Waals surface area contributed by atoms with Crippen LogP contribution in [-0.4, -0.2) is 45.9 Å². The summed E-state index contributed by atoms with van der Waals surface area (Å²) in [4.78, 5) is 50.2. The lowest BCUT2D eigenvalue weighted by molar-refractivity contribution is -0.125. The maximum absolute atomic E-state index is 13.1. The number of carbonyl (C=O) groups is 4. The molecule has 9 heteroatoms. The molecule has 2 heterocycles. The predicted octanol–water partition coefficient (Wildman–Crippen LogP) is 4.01. The van der Waals surface area contributed by atoms with Crippen molar-refractivity contribution >= 4 is 45.6 Å². The van der Waals surface area contributed by atoms with Crippen molar-refractivity contribution < 1.29 is 19.2 Å². The van der Waals surface area contributed by atoms with E-state index in [-0.39, 0.29) is 16.9 Å². The molecule has 2 aromatic rings. The molecule has 8 nitrogen and oxygen atoms in total. The van der Waals surface area contributed by atoms with Gasteiger partial charge in [0.15, 0.2) is 5.12 Å². The fourth-order valence-electron chi connectivity index (χ4n) is 4.64.